The van der Waals surface area contributed by atoms with Crippen LogP contribution >= 0.6 is 7.82 Å². The molecule has 9 nitrogen and oxygen atoms in total. The predicted molar refractivity (Wildman–Crippen MR) is 220 cm³/mol. The van der Waals surface area contributed by atoms with Gasteiger partial charge in [-0.3, -0.25) is 18.6 Å². The van der Waals surface area contributed by atoms with Crippen molar-refractivity contribution in [3.05, 3.63) is 24.3 Å². The van der Waals surface area contributed by atoms with Gasteiger partial charge in [0.05, 0.1) is 27.7 Å². The molecule has 2 atom stereocenters. The van der Waals surface area contributed by atoms with Gasteiger partial charge in [0.15, 0.2) is 6.10 Å². The van der Waals surface area contributed by atoms with Gasteiger partial charge in [0.1, 0.15) is 19.8 Å². The quantitative estimate of drug-likeness (QED) is 0.0216. The number of carbonyl (C=O) groups is 2. The number of hydrogen-bond donors (Lipinski definition) is 1. The lowest BCUT2D eigenvalue weighted by molar-refractivity contribution is -0.870. The Hall–Kier alpha value is -1.51. The van der Waals surface area contributed by atoms with Crippen molar-refractivity contribution in [1.29, 1.82) is 0 Å². The number of phosphoric ester groups is 1. The van der Waals surface area contributed by atoms with Crippen LogP contribution < -0.4 is 0 Å². The number of likely N-dealkylation sites (N-methyl/N-ethyl adjacent to an activating group) is 1. The van der Waals surface area contributed by atoms with Gasteiger partial charge in [0.2, 0.25) is 0 Å². The second kappa shape index (κ2) is 36.1. The highest BCUT2D eigenvalue weighted by atomic mass is 31.2. The van der Waals surface area contributed by atoms with Gasteiger partial charge in [-0.05, 0) is 44.9 Å². The standard InChI is InChI=1S/C43H82NO8P/c1-6-8-10-12-14-16-18-20-22-24-26-28-30-32-34-36-43(46)52-41(40-51-53(47,48)50-38-37-44(3,4)5)39-49-42(45)35-33-31-29-27-25-23-21-19-17-15-13-11-9-7-2/h14,16,20,22,41H,6-13,15,17-19,21,23-40H2,1-5H3/p+1/b16-14-,22-20-/t41-/m1/s1. The molecular formula is C43H83NO8P+. The van der Waals surface area contributed by atoms with E-state index in [0.717, 1.165) is 57.8 Å². The first-order valence-electron chi connectivity index (χ1n) is 21.6. The maximum atomic E-state index is 12.7. The third-order valence-electron chi connectivity index (χ3n) is 9.23. The molecule has 53 heavy (non-hydrogen) atoms. The van der Waals surface area contributed by atoms with E-state index in [1.807, 2.05) is 21.1 Å². The van der Waals surface area contributed by atoms with Gasteiger partial charge in [0, 0.05) is 12.8 Å². The van der Waals surface area contributed by atoms with Crippen LogP contribution in [0.15, 0.2) is 24.3 Å². The van der Waals surface area contributed by atoms with Crippen molar-refractivity contribution < 1.29 is 42.1 Å². The fraction of sp³-hybridized carbons (Fsp3) is 0.860. The maximum absolute atomic E-state index is 12.7. The molecule has 0 heterocycles. The van der Waals surface area contributed by atoms with E-state index < -0.39 is 26.5 Å². The highest BCUT2D eigenvalue weighted by Gasteiger charge is 2.27. The molecule has 0 radical (unpaired) electrons. The Bertz CT molecular complexity index is 964. The zero-order chi connectivity index (χ0) is 39.3. The molecule has 0 bridgehead atoms. The predicted octanol–water partition coefficient (Wildman–Crippen LogP) is 12.0. The topological polar surface area (TPSA) is 108 Å². The molecule has 0 aromatic rings. The molecule has 0 amide bonds. The van der Waals surface area contributed by atoms with Crippen LogP contribution in [0.2, 0.25) is 0 Å². The number of carbonyl (C=O) groups excluding carboxylic acids is 2. The van der Waals surface area contributed by atoms with E-state index in [1.54, 1.807) is 0 Å². The summed E-state index contributed by atoms with van der Waals surface area (Å²) in [5, 5.41) is 0. The number of rotatable bonds is 39. The van der Waals surface area contributed by atoms with E-state index in [9.17, 15) is 19.0 Å². The van der Waals surface area contributed by atoms with Crippen LogP contribution in [-0.4, -0.2) is 74.9 Å². The van der Waals surface area contributed by atoms with Crippen LogP contribution in [0.3, 0.4) is 0 Å². The van der Waals surface area contributed by atoms with E-state index in [1.165, 1.54) is 96.3 Å². The molecule has 0 aliphatic heterocycles. The zero-order valence-electron chi connectivity index (χ0n) is 35.0. The van der Waals surface area contributed by atoms with E-state index in [4.69, 9.17) is 18.5 Å². The molecule has 0 aliphatic carbocycles. The lowest BCUT2D eigenvalue weighted by atomic mass is 10.0. The van der Waals surface area contributed by atoms with Gasteiger partial charge in [-0.1, -0.05) is 154 Å². The van der Waals surface area contributed by atoms with E-state index in [2.05, 4.69) is 38.2 Å². The SMILES string of the molecule is CCCCC/C=C\C/C=C\CCCCCCCC(=O)O[C@H](COC(=O)CCCCCCCCCCCCCCCC)COP(=O)(O)OCC[N+](C)(C)C. The minimum Gasteiger partial charge on any atom is -0.462 e. The van der Waals surface area contributed by atoms with E-state index >= 15 is 0 Å². The van der Waals surface area contributed by atoms with Crippen LogP contribution in [0, 0.1) is 0 Å². The van der Waals surface area contributed by atoms with Crippen molar-refractivity contribution in [3.8, 4) is 0 Å². The zero-order valence-corrected chi connectivity index (χ0v) is 35.9. The average molecular weight is 773 g/mol. The van der Waals surface area contributed by atoms with E-state index in [-0.39, 0.29) is 32.0 Å². The first kappa shape index (κ1) is 51.5. The monoisotopic (exact) mass is 773 g/mol. The lowest BCUT2D eigenvalue weighted by Gasteiger charge is -2.24. The molecule has 312 valence electrons. The molecule has 0 aromatic heterocycles. The summed E-state index contributed by atoms with van der Waals surface area (Å²) in [7, 11) is 1.47. The first-order valence-corrected chi connectivity index (χ1v) is 23.1. The Morgan fingerprint density at radius 1 is 0.585 bits per heavy atom. The van der Waals surface area contributed by atoms with Crippen molar-refractivity contribution in [3.63, 3.8) is 0 Å². The van der Waals surface area contributed by atoms with Crippen LogP contribution in [-0.2, 0) is 32.7 Å². The summed E-state index contributed by atoms with van der Waals surface area (Å²) in [5.74, 6) is -0.809. The van der Waals surface area contributed by atoms with Gasteiger partial charge < -0.3 is 18.9 Å². The Morgan fingerprint density at radius 2 is 1.02 bits per heavy atom. The first-order chi connectivity index (χ1) is 25.5. The summed E-state index contributed by atoms with van der Waals surface area (Å²) in [6.45, 7) is 4.39. The number of allylic oxidation sites excluding steroid dienone is 4. The van der Waals surface area contributed by atoms with Crippen molar-refractivity contribution in [2.24, 2.45) is 0 Å². The summed E-state index contributed by atoms with van der Waals surface area (Å²) < 4.78 is 34.3. The number of ether oxygens (including phenoxy) is 2. The molecule has 1 N–H and O–H groups in total. The molecule has 0 rings (SSSR count). The Morgan fingerprint density at radius 3 is 1.53 bits per heavy atom. The van der Waals surface area contributed by atoms with Gasteiger partial charge >= 0.3 is 19.8 Å². The summed E-state index contributed by atoms with van der Waals surface area (Å²) in [4.78, 5) is 35.3. The maximum Gasteiger partial charge on any atom is 0.472 e. The minimum atomic E-state index is -4.37. The Labute approximate surface area is 326 Å². The van der Waals surface area contributed by atoms with Crippen LogP contribution in [0.4, 0.5) is 0 Å². The second-order valence-electron chi connectivity index (χ2n) is 15.7. The normalized spacial score (nSPS) is 13.8. The minimum absolute atomic E-state index is 0.0305. The van der Waals surface area contributed by atoms with Gasteiger partial charge in [0.25, 0.3) is 0 Å². The van der Waals surface area contributed by atoms with Crippen LogP contribution in [0.1, 0.15) is 187 Å². The number of unbranched alkanes of at least 4 members (excludes halogenated alkanes) is 21. The number of nitrogens with zero attached hydrogens (tertiary/aromatic N) is 1. The Balaban J connectivity index is 4.39. The van der Waals surface area contributed by atoms with Gasteiger partial charge in [-0.15, -0.1) is 0 Å². The molecule has 1 unspecified atom stereocenters. The smallest absolute Gasteiger partial charge is 0.462 e. The fourth-order valence-electron chi connectivity index (χ4n) is 5.81. The van der Waals surface area contributed by atoms with Crippen molar-refractivity contribution in [1.82, 2.24) is 0 Å². The summed E-state index contributed by atoms with van der Waals surface area (Å²) >= 11 is 0. The van der Waals surface area contributed by atoms with E-state index in [0.29, 0.717) is 17.4 Å². The van der Waals surface area contributed by atoms with Crippen LogP contribution in [0.5, 0.6) is 0 Å². The van der Waals surface area contributed by atoms with Crippen molar-refractivity contribution >= 4 is 19.8 Å². The molecule has 0 saturated carbocycles. The summed E-state index contributed by atoms with van der Waals surface area (Å²) in [6, 6.07) is 0. The summed E-state index contributed by atoms with van der Waals surface area (Å²) in [5.41, 5.74) is 0. The molecule has 0 aliphatic rings. The fourth-order valence-corrected chi connectivity index (χ4v) is 6.55. The van der Waals surface area contributed by atoms with Crippen molar-refractivity contribution in [2.45, 2.75) is 193 Å². The second-order valence-corrected chi connectivity index (χ2v) is 17.2. The van der Waals surface area contributed by atoms with Gasteiger partial charge in [-0.25, -0.2) is 4.57 Å². The Kier molecular flexibility index (Phi) is 35.1. The molecule has 0 saturated heterocycles. The molecule has 0 aromatic carbocycles. The highest BCUT2D eigenvalue weighted by molar-refractivity contribution is 7.47. The molecule has 10 heteroatoms. The number of hydrogen-bond acceptors (Lipinski definition) is 7. The average Bonchev–Trinajstić information content (AvgIpc) is 3.10. The molecular weight excluding hydrogens is 689 g/mol. The lowest BCUT2D eigenvalue weighted by Crippen LogP contribution is -2.37. The number of esters is 2. The number of quaternary nitrogens is 1. The third kappa shape index (κ3) is 40.0. The number of phosphoric acid groups is 1. The molecule has 0 fully saturated rings. The van der Waals surface area contributed by atoms with Crippen LogP contribution in [0.25, 0.3) is 0 Å². The highest BCUT2D eigenvalue weighted by Crippen LogP contribution is 2.43. The van der Waals surface area contributed by atoms with Crippen molar-refractivity contribution in [2.75, 3.05) is 47.5 Å². The third-order valence-corrected chi connectivity index (χ3v) is 10.2. The van der Waals surface area contributed by atoms with Gasteiger partial charge in [-0.2, -0.15) is 0 Å². The molecule has 0 spiro atoms. The summed E-state index contributed by atoms with van der Waals surface area (Å²) in [6.07, 6.45) is 37.9. The largest absolute Gasteiger partial charge is 0.472 e.